The molecule has 1 aliphatic heterocycles. The molecule has 4 nitrogen and oxygen atoms in total. The SMILES string of the molecule is CCCNc1cc(C)nc(CN2CCC(C(C)C)C2)n1. The average molecular weight is 276 g/mol. The minimum atomic E-state index is 0.778. The number of aromatic nitrogens is 2. The Bertz CT molecular complexity index is 430. The molecule has 2 heterocycles. The van der Waals surface area contributed by atoms with Crippen molar-refractivity contribution in [1.29, 1.82) is 0 Å². The van der Waals surface area contributed by atoms with Crippen LogP contribution in [0.25, 0.3) is 0 Å². The predicted octanol–water partition coefficient (Wildman–Crippen LogP) is 3.08. The zero-order chi connectivity index (χ0) is 14.5. The highest BCUT2D eigenvalue weighted by Gasteiger charge is 2.25. The number of likely N-dealkylation sites (tertiary alicyclic amines) is 1. The Balaban J connectivity index is 1.97. The van der Waals surface area contributed by atoms with Crippen molar-refractivity contribution < 1.29 is 0 Å². The van der Waals surface area contributed by atoms with Crippen molar-refractivity contribution in [2.24, 2.45) is 11.8 Å². The van der Waals surface area contributed by atoms with E-state index in [0.717, 1.165) is 48.7 Å². The minimum absolute atomic E-state index is 0.778. The van der Waals surface area contributed by atoms with Crippen LogP contribution in [0, 0.1) is 18.8 Å². The molecule has 0 spiro atoms. The molecule has 0 radical (unpaired) electrons. The molecule has 0 aliphatic carbocycles. The van der Waals surface area contributed by atoms with Gasteiger partial charge in [0.05, 0.1) is 6.54 Å². The molecule has 2 rings (SSSR count). The lowest BCUT2D eigenvalue weighted by molar-refractivity contribution is 0.290. The standard InChI is InChI=1S/C16H28N4/c1-5-7-17-15-9-13(4)18-16(19-15)11-20-8-6-14(10-20)12(2)3/h9,12,14H,5-8,10-11H2,1-4H3,(H,17,18,19). The Labute approximate surface area is 123 Å². The van der Waals surface area contributed by atoms with E-state index in [1.54, 1.807) is 0 Å². The Kier molecular flexibility index (Phi) is 5.35. The molecule has 1 aliphatic rings. The van der Waals surface area contributed by atoms with E-state index in [4.69, 9.17) is 0 Å². The third-order valence-corrected chi connectivity index (χ3v) is 4.07. The van der Waals surface area contributed by atoms with Gasteiger partial charge < -0.3 is 5.32 Å². The number of rotatable bonds is 6. The summed E-state index contributed by atoms with van der Waals surface area (Å²) in [6.07, 6.45) is 2.42. The molecule has 0 amide bonds. The molecule has 1 fully saturated rings. The third kappa shape index (κ3) is 4.17. The molecule has 1 saturated heterocycles. The van der Waals surface area contributed by atoms with Gasteiger partial charge in [0.2, 0.25) is 0 Å². The fourth-order valence-corrected chi connectivity index (χ4v) is 2.79. The smallest absolute Gasteiger partial charge is 0.144 e. The second kappa shape index (κ2) is 7.02. The molecule has 1 aromatic rings. The van der Waals surface area contributed by atoms with Crippen LogP contribution in [0.5, 0.6) is 0 Å². The fourth-order valence-electron chi connectivity index (χ4n) is 2.79. The highest BCUT2D eigenvalue weighted by atomic mass is 15.2. The molecular weight excluding hydrogens is 248 g/mol. The van der Waals surface area contributed by atoms with Gasteiger partial charge >= 0.3 is 0 Å². The zero-order valence-corrected chi connectivity index (χ0v) is 13.3. The first-order valence-electron chi connectivity index (χ1n) is 7.89. The normalized spacial score (nSPS) is 19.8. The number of hydrogen-bond acceptors (Lipinski definition) is 4. The van der Waals surface area contributed by atoms with Gasteiger partial charge in [-0.3, -0.25) is 4.90 Å². The van der Waals surface area contributed by atoms with Crippen molar-refractivity contribution in [2.75, 3.05) is 25.0 Å². The second-order valence-corrected chi connectivity index (χ2v) is 6.27. The summed E-state index contributed by atoms with van der Waals surface area (Å²) in [7, 11) is 0. The summed E-state index contributed by atoms with van der Waals surface area (Å²) >= 11 is 0. The van der Waals surface area contributed by atoms with Crippen LogP contribution < -0.4 is 5.32 Å². The van der Waals surface area contributed by atoms with Crippen molar-refractivity contribution in [3.05, 3.63) is 17.6 Å². The van der Waals surface area contributed by atoms with Crippen LogP contribution in [0.4, 0.5) is 5.82 Å². The first kappa shape index (κ1) is 15.2. The van der Waals surface area contributed by atoms with Crippen LogP contribution in [-0.2, 0) is 6.54 Å². The molecule has 112 valence electrons. The van der Waals surface area contributed by atoms with Crippen LogP contribution >= 0.6 is 0 Å². The van der Waals surface area contributed by atoms with E-state index in [-0.39, 0.29) is 0 Å². The molecule has 1 unspecified atom stereocenters. The number of hydrogen-bond donors (Lipinski definition) is 1. The van der Waals surface area contributed by atoms with Gasteiger partial charge in [0.1, 0.15) is 11.6 Å². The predicted molar refractivity (Wildman–Crippen MR) is 83.8 cm³/mol. The Morgan fingerprint density at radius 3 is 2.85 bits per heavy atom. The summed E-state index contributed by atoms with van der Waals surface area (Å²) in [5.74, 6) is 3.53. The zero-order valence-electron chi connectivity index (χ0n) is 13.3. The van der Waals surface area contributed by atoms with E-state index in [9.17, 15) is 0 Å². The minimum Gasteiger partial charge on any atom is -0.370 e. The first-order chi connectivity index (χ1) is 9.58. The van der Waals surface area contributed by atoms with Crippen LogP contribution in [0.15, 0.2) is 6.07 Å². The highest BCUT2D eigenvalue weighted by molar-refractivity contribution is 5.35. The van der Waals surface area contributed by atoms with Crippen LogP contribution in [0.2, 0.25) is 0 Å². The molecule has 1 N–H and O–H groups in total. The summed E-state index contributed by atoms with van der Waals surface area (Å²) in [6.45, 7) is 13.1. The van der Waals surface area contributed by atoms with Crippen molar-refractivity contribution >= 4 is 5.82 Å². The van der Waals surface area contributed by atoms with Crippen molar-refractivity contribution in [3.8, 4) is 0 Å². The number of nitrogens with zero attached hydrogens (tertiary/aromatic N) is 3. The van der Waals surface area contributed by atoms with E-state index in [1.165, 1.54) is 19.5 Å². The number of aryl methyl sites for hydroxylation is 1. The molecular formula is C16H28N4. The molecule has 20 heavy (non-hydrogen) atoms. The monoisotopic (exact) mass is 276 g/mol. The molecule has 0 saturated carbocycles. The second-order valence-electron chi connectivity index (χ2n) is 6.27. The van der Waals surface area contributed by atoms with Crippen LogP contribution in [0.1, 0.15) is 45.1 Å². The van der Waals surface area contributed by atoms with Crippen molar-refractivity contribution in [3.63, 3.8) is 0 Å². The lowest BCUT2D eigenvalue weighted by Gasteiger charge is -2.17. The van der Waals surface area contributed by atoms with Crippen LogP contribution in [0.3, 0.4) is 0 Å². The van der Waals surface area contributed by atoms with Gasteiger partial charge in [-0.1, -0.05) is 20.8 Å². The molecule has 0 bridgehead atoms. The summed E-state index contributed by atoms with van der Waals surface area (Å²) in [4.78, 5) is 11.7. The maximum atomic E-state index is 4.64. The van der Waals surface area contributed by atoms with Crippen molar-refractivity contribution in [2.45, 2.75) is 47.1 Å². The van der Waals surface area contributed by atoms with Gasteiger partial charge in [-0.25, -0.2) is 9.97 Å². The Morgan fingerprint density at radius 2 is 2.20 bits per heavy atom. The fraction of sp³-hybridized carbons (Fsp3) is 0.750. The van der Waals surface area contributed by atoms with Gasteiger partial charge in [0, 0.05) is 24.8 Å². The summed E-state index contributed by atoms with van der Waals surface area (Å²) in [5, 5.41) is 3.36. The van der Waals surface area contributed by atoms with Gasteiger partial charge in [0.15, 0.2) is 0 Å². The largest absolute Gasteiger partial charge is 0.370 e. The molecule has 4 heteroatoms. The average Bonchev–Trinajstić information content (AvgIpc) is 2.84. The van der Waals surface area contributed by atoms with Gasteiger partial charge in [-0.05, 0) is 38.1 Å². The molecule has 0 aromatic carbocycles. The summed E-state index contributed by atoms with van der Waals surface area (Å²) < 4.78 is 0. The summed E-state index contributed by atoms with van der Waals surface area (Å²) in [6, 6.07) is 2.03. The Hall–Kier alpha value is -1.16. The molecule has 1 atom stereocenters. The van der Waals surface area contributed by atoms with E-state index in [1.807, 2.05) is 13.0 Å². The van der Waals surface area contributed by atoms with Gasteiger partial charge in [0.25, 0.3) is 0 Å². The van der Waals surface area contributed by atoms with Crippen molar-refractivity contribution in [1.82, 2.24) is 14.9 Å². The van der Waals surface area contributed by atoms with E-state index < -0.39 is 0 Å². The Morgan fingerprint density at radius 1 is 1.40 bits per heavy atom. The van der Waals surface area contributed by atoms with Crippen LogP contribution in [-0.4, -0.2) is 34.5 Å². The lowest BCUT2D eigenvalue weighted by Crippen LogP contribution is -2.23. The maximum absolute atomic E-state index is 4.64. The van der Waals surface area contributed by atoms with E-state index in [0.29, 0.717) is 0 Å². The van der Waals surface area contributed by atoms with E-state index in [2.05, 4.69) is 41.0 Å². The maximum Gasteiger partial charge on any atom is 0.144 e. The lowest BCUT2D eigenvalue weighted by atomic mass is 9.95. The molecule has 1 aromatic heterocycles. The number of nitrogens with one attached hydrogen (secondary N) is 1. The first-order valence-corrected chi connectivity index (χ1v) is 7.89. The van der Waals surface area contributed by atoms with Gasteiger partial charge in [-0.15, -0.1) is 0 Å². The third-order valence-electron chi connectivity index (χ3n) is 4.07. The topological polar surface area (TPSA) is 41.1 Å². The van der Waals surface area contributed by atoms with Gasteiger partial charge in [-0.2, -0.15) is 0 Å². The number of anilines is 1. The quantitative estimate of drug-likeness (QED) is 0.867. The van der Waals surface area contributed by atoms with E-state index >= 15 is 0 Å². The highest BCUT2D eigenvalue weighted by Crippen LogP contribution is 2.24. The summed E-state index contributed by atoms with van der Waals surface area (Å²) in [5.41, 5.74) is 1.05.